The highest BCUT2D eigenvalue weighted by atomic mass is 35.5. The second kappa shape index (κ2) is 7.93. The quantitative estimate of drug-likeness (QED) is 0.575. The number of benzene rings is 2. The minimum atomic E-state index is -0.557. The maximum atomic E-state index is 12.6. The molecule has 6 nitrogen and oxygen atoms in total. The van der Waals surface area contributed by atoms with Gasteiger partial charge in [-0.05, 0) is 43.5 Å². The fraction of sp³-hybridized carbons (Fsp3) is 0.278. The highest BCUT2D eigenvalue weighted by Gasteiger charge is 2.19. The van der Waals surface area contributed by atoms with E-state index in [-0.39, 0.29) is 16.3 Å². The predicted octanol–water partition coefficient (Wildman–Crippen LogP) is 5.14. The lowest BCUT2D eigenvalue weighted by Crippen LogP contribution is -2.30. The molecule has 1 aliphatic heterocycles. The predicted molar refractivity (Wildman–Crippen MR) is 104 cm³/mol. The number of nitro groups is 1. The van der Waals surface area contributed by atoms with Crippen LogP contribution in [0.5, 0.6) is 0 Å². The van der Waals surface area contributed by atoms with E-state index in [1.807, 2.05) is 6.07 Å². The second-order valence-electron chi connectivity index (χ2n) is 6.08. The molecule has 0 aliphatic carbocycles. The molecule has 1 saturated heterocycles. The first kappa shape index (κ1) is 18.5. The molecule has 0 unspecified atom stereocenters. The summed E-state index contributed by atoms with van der Waals surface area (Å²) in [4.78, 5) is 25.1. The van der Waals surface area contributed by atoms with Crippen LogP contribution >= 0.6 is 23.2 Å². The second-order valence-corrected chi connectivity index (χ2v) is 6.93. The number of nitrogens with one attached hydrogen (secondary N) is 1. The first-order valence-corrected chi connectivity index (χ1v) is 9.01. The molecule has 1 amide bonds. The molecule has 2 aromatic carbocycles. The molecule has 2 aromatic rings. The van der Waals surface area contributed by atoms with Crippen molar-refractivity contribution in [1.82, 2.24) is 0 Å². The first-order valence-electron chi connectivity index (χ1n) is 8.25. The molecule has 1 fully saturated rings. The van der Waals surface area contributed by atoms with E-state index in [2.05, 4.69) is 10.2 Å². The van der Waals surface area contributed by atoms with Crippen LogP contribution in [-0.4, -0.2) is 23.9 Å². The summed E-state index contributed by atoms with van der Waals surface area (Å²) in [6.45, 7) is 1.84. The number of nitrogens with zero attached hydrogens (tertiary/aromatic N) is 2. The van der Waals surface area contributed by atoms with Gasteiger partial charge in [-0.15, -0.1) is 0 Å². The Morgan fingerprint density at radius 3 is 2.46 bits per heavy atom. The van der Waals surface area contributed by atoms with E-state index in [4.69, 9.17) is 23.2 Å². The number of carbonyl (C=O) groups is 1. The molecular formula is C18H17Cl2N3O3. The number of amides is 1. The summed E-state index contributed by atoms with van der Waals surface area (Å²) < 4.78 is 0. The standard InChI is InChI=1S/C18H17Cl2N3O3/c19-12-4-7-17(22-8-2-1-3-9-22)16(10-12)21-18(24)14-6-5-13(23(25)26)11-15(14)20/h4-7,10-11H,1-3,8-9H2,(H,21,24). The van der Waals surface area contributed by atoms with Crippen molar-refractivity contribution in [2.75, 3.05) is 23.3 Å². The summed E-state index contributed by atoms with van der Waals surface area (Å²) in [5, 5.41) is 14.2. The molecule has 0 saturated carbocycles. The van der Waals surface area contributed by atoms with Gasteiger partial charge in [0.1, 0.15) is 0 Å². The Labute approximate surface area is 160 Å². The van der Waals surface area contributed by atoms with Crippen molar-refractivity contribution in [1.29, 1.82) is 0 Å². The Kier molecular flexibility index (Phi) is 5.64. The SMILES string of the molecule is O=C(Nc1cc(Cl)ccc1N1CCCCC1)c1ccc([N+](=O)[O-])cc1Cl. The van der Waals surface area contributed by atoms with Crippen molar-refractivity contribution in [2.24, 2.45) is 0 Å². The molecule has 136 valence electrons. The van der Waals surface area contributed by atoms with Crippen molar-refractivity contribution >= 4 is 46.2 Å². The Hall–Kier alpha value is -2.31. The molecule has 0 atom stereocenters. The average Bonchev–Trinajstić information content (AvgIpc) is 2.62. The summed E-state index contributed by atoms with van der Waals surface area (Å²) in [5.74, 6) is -0.439. The number of carbonyl (C=O) groups excluding carboxylic acids is 1. The minimum absolute atomic E-state index is 0.0262. The van der Waals surface area contributed by atoms with Gasteiger partial charge in [0.25, 0.3) is 11.6 Å². The van der Waals surface area contributed by atoms with Crippen LogP contribution in [0.15, 0.2) is 36.4 Å². The maximum absolute atomic E-state index is 12.6. The van der Waals surface area contributed by atoms with Crippen molar-refractivity contribution in [3.05, 3.63) is 62.1 Å². The Morgan fingerprint density at radius 2 is 1.81 bits per heavy atom. The van der Waals surface area contributed by atoms with Crippen LogP contribution in [0.25, 0.3) is 0 Å². The fourth-order valence-corrected chi connectivity index (χ4v) is 3.44. The van der Waals surface area contributed by atoms with Crippen LogP contribution in [0.1, 0.15) is 29.6 Å². The highest BCUT2D eigenvalue weighted by Crippen LogP contribution is 2.32. The van der Waals surface area contributed by atoms with Gasteiger partial charge in [0.2, 0.25) is 0 Å². The lowest BCUT2D eigenvalue weighted by molar-refractivity contribution is -0.384. The van der Waals surface area contributed by atoms with E-state index in [0.717, 1.165) is 31.6 Å². The van der Waals surface area contributed by atoms with Gasteiger partial charge in [-0.25, -0.2) is 0 Å². The van der Waals surface area contributed by atoms with E-state index < -0.39 is 10.8 Å². The number of hydrogen-bond acceptors (Lipinski definition) is 4. The lowest BCUT2D eigenvalue weighted by atomic mass is 10.1. The summed E-state index contributed by atoms with van der Waals surface area (Å²) in [6.07, 6.45) is 3.40. The minimum Gasteiger partial charge on any atom is -0.370 e. The summed E-state index contributed by atoms with van der Waals surface area (Å²) in [7, 11) is 0. The lowest BCUT2D eigenvalue weighted by Gasteiger charge is -2.30. The summed E-state index contributed by atoms with van der Waals surface area (Å²) >= 11 is 12.2. The number of halogens is 2. The number of anilines is 2. The van der Waals surface area contributed by atoms with Gasteiger partial charge in [-0.1, -0.05) is 23.2 Å². The van der Waals surface area contributed by atoms with Crippen LogP contribution in [0.2, 0.25) is 10.0 Å². The molecule has 3 rings (SSSR count). The summed E-state index contributed by atoms with van der Waals surface area (Å²) in [6, 6.07) is 9.15. The van der Waals surface area contributed by atoms with Crippen LogP contribution in [-0.2, 0) is 0 Å². The summed E-state index contributed by atoms with van der Waals surface area (Å²) in [5.41, 5.74) is 1.50. The van der Waals surface area contributed by atoms with Gasteiger partial charge in [0.05, 0.1) is 26.9 Å². The zero-order valence-electron chi connectivity index (χ0n) is 13.9. The van der Waals surface area contributed by atoms with Crippen molar-refractivity contribution in [3.8, 4) is 0 Å². The number of hydrogen-bond donors (Lipinski definition) is 1. The van der Waals surface area contributed by atoms with Gasteiger partial charge >= 0.3 is 0 Å². The Balaban J connectivity index is 1.87. The molecule has 1 heterocycles. The van der Waals surface area contributed by atoms with E-state index in [1.54, 1.807) is 12.1 Å². The van der Waals surface area contributed by atoms with Gasteiger partial charge in [-0.3, -0.25) is 14.9 Å². The zero-order valence-corrected chi connectivity index (χ0v) is 15.4. The van der Waals surface area contributed by atoms with Gasteiger partial charge in [0.15, 0.2) is 0 Å². The van der Waals surface area contributed by atoms with Crippen LogP contribution in [0, 0.1) is 10.1 Å². The van der Waals surface area contributed by atoms with E-state index in [0.29, 0.717) is 10.7 Å². The highest BCUT2D eigenvalue weighted by molar-refractivity contribution is 6.35. The molecule has 1 N–H and O–H groups in total. The van der Waals surface area contributed by atoms with Crippen LogP contribution < -0.4 is 10.2 Å². The van der Waals surface area contributed by atoms with Gasteiger partial charge < -0.3 is 10.2 Å². The largest absolute Gasteiger partial charge is 0.370 e. The van der Waals surface area contributed by atoms with Crippen molar-refractivity contribution in [2.45, 2.75) is 19.3 Å². The average molecular weight is 394 g/mol. The van der Waals surface area contributed by atoms with Crippen LogP contribution in [0.4, 0.5) is 17.1 Å². The fourth-order valence-electron chi connectivity index (χ4n) is 3.01. The number of rotatable bonds is 4. The van der Waals surface area contributed by atoms with E-state index in [9.17, 15) is 14.9 Å². The zero-order chi connectivity index (χ0) is 18.7. The molecule has 0 spiro atoms. The third-order valence-electron chi connectivity index (χ3n) is 4.31. The molecule has 0 radical (unpaired) electrons. The van der Waals surface area contributed by atoms with E-state index >= 15 is 0 Å². The Morgan fingerprint density at radius 1 is 1.08 bits per heavy atom. The van der Waals surface area contributed by atoms with Crippen LogP contribution in [0.3, 0.4) is 0 Å². The van der Waals surface area contributed by atoms with Gasteiger partial charge in [0, 0.05) is 30.2 Å². The third-order valence-corrected chi connectivity index (χ3v) is 4.86. The number of piperidine rings is 1. The molecule has 8 heteroatoms. The molecule has 0 bridgehead atoms. The maximum Gasteiger partial charge on any atom is 0.270 e. The van der Waals surface area contributed by atoms with Crippen molar-refractivity contribution < 1.29 is 9.72 Å². The molecular weight excluding hydrogens is 377 g/mol. The molecule has 1 aliphatic rings. The van der Waals surface area contributed by atoms with Gasteiger partial charge in [-0.2, -0.15) is 0 Å². The monoisotopic (exact) mass is 393 g/mol. The number of non-ortho nitro benzene ring substituents is 1. The topological polar surface area (TPSA) is 75.5 Å². The smallest absolute Gasteiger partial charge is 0.270 e. The number of nitro benzene ring substituents is 1. The van der Waals surface area contributed by atoms with Crippen molar-refractivity contribution in [3.63, 3.8) is 0 Å². The Bertz CT molecular complexity index is 852. The molecule has 26 heavy (non-hydrogen) atoms. The van der Waals surface area contributed by atoms with E-state index in [1.165, 1.54) is 24.6 Å². The molecule has 0 aromatic heterocycles. The normalized spacial score (nSPS) is 14.2. The first-order chi connectivity index (χ1) is 12.5. The third kappa shape index (κ3) is 4.08.